The van der Waals surface area contributed by atoms with E-state index in [2.05, 4.69) is 26.9 Å². The van der Waals surface area contributed by atoms with Gasteiger partial charge in [-0.1, -0.05) is 42.5 Å². The molecule has 5 nitrogen and oxygen atoms in total. The quantitative estimate of drug-likeness (QED) is 0.526. The molecular formula is C21H17N4O+. The average molecular weight is 341 g/mol. The average Bonchev–Trinajstić information content (AvgIpc) is 3.14. The lowest BCUT2D eigenvalue weighted by atomic mass is 10.1. The maximum absolute atomic E-state index is 6.29. The molecule has 1 aliphatic rings. The van der Waals surface area contributed by atoms with E-state index >= 15 is 0 Å². The zero-order chi connectivity index (χ0) is 17.5. The van der Waals surface area contributed by atoms with E-state index in [0.717, 1.165) is 34.2 Å². The van der Waals surface area contributed by atoms with Crippen LogP contribution in [0.2, 0.25) is 0 Å². The molecule has 1 atom stereocenters. The first kappa shape index (κ1) is 14.8. The van der Waals surface area contributed by atoms with Crippen LogP contribution in [0.4, 0.5) is 0 Å². The van der Waals surface area contributed by atoms with Gasteiger partial charge in [0.05, 0.1) is 5.69 Å². The van der Waals surface area contributed by atoms with Crippen LogP contribution in [0.15, 0.2) is 79.1 Å². The van der Waals surface area contributed by atoms with Crippen LogP contribution < -0.4 is 9.30 Å². The van der Waals surface area contributed by atoms with Crippen LogP contribution in [0, 0.1) is 0 Å². The van der Waals surface area contributed by atoms with Crippen molar-refractivity contribution in [1.29, 1.82) is 0 Å². The van der Waals surface area contributed by atoms with Crippen molar-refractivity contribution < 1.29 is 9.30 Å². The SMILES string of the molecule is C[n+]1ccc(-c2nnc3n2-c2ccccc2O[C@H]3c2ccccc2)cc1. The van der Waals surface area contributed by atoms with Crippen molar-refractivity contribution in [1.82, 2.24) is 14.8 Å². The van der Waals surface area contributed by atoms with E-state index in [1.807, 2.05) is 78.6 Å². The van der Waals surface area contributed by atoms with Gasteiger partial charge in [0, 0.05) is 23.3 Å². The minimum Gasteiger partial charge on any atom is -0.475 e. The number of ether oxygens (including phenoxy) is 1. The largest absolute Gasteiger partial charge is 0.475 e. The Hall–Kier alpha value is -3.47. The second kappa shape index (κ2) is 5.81. The van der Waals surface area contributed by atoms with Gasteiger partial charge in [0.15, 0.2) is 30.1 Å². The van der Waals surface area contributed by atoms with Crippen molar-refractivity contribution in [2.45, 2.75) is 6.10 Å². The predicted octanol–water partition coefficient (Wildman–Crippen LogP) is 3.24. The highest BCUT2D eigenvalue weighted by Crippen LogP contribution is 2.40. The second-order valence-electron chi connectivity index (χ2n) is 6.35. The molecule has 0 amide bonds. The topological polar surface area (TPSA) is 43.8 Å². The van der Waals surface area contributed by atoms with E-state index in [0.29, 0.717) is 0 Å². The van der Waals surface area contributed by atoms with Gasteiger partial charge in [0.2, 0.25) is 0 Å². The fraction of sp³-hybridized carbons (Fsp3) is 0.0952. The van der Waals surface area contributed by atoms with Crippen molar-refractivity contribution in [3.05, 3.63) is 90.5 Å². The standard InChI is InChI=1S/C21H17N4O/c1-24-13-11-16(12-14-24)20-22-23-21-19(15-7-3-2-4-8-15)26-18-10-6-5-9-17(18)25(20)21/h2-14,19H,1H3/q+1/t19-/m0/s1. The van der Waals surface area contributed by atoms with Gasteiger partial charge in [-0.2, -0.15) is 0 Å². The van der Waals surface area contributed by atoms with E-state index in [1.165, 1.54) is 0 Å². The summed E-state index contributed by atoms with van der Waals surface area (Å²) in [5.41, 5.74) is 3.04. The first-order valence-electron chi connectivity index (χ1n) is 8.53. The third-order valence-corrected chi connectivity index (χ3v) is 4.61. The van der Waals surface area contributed by atoms with Crippen LogP contribution in [0.1, 0.15) is 17.5 Å². The molecule has 2 aromatic heterocycles. The van der Waals surface area contributed by atoms with Gasteiger partial charge in [-0.3, -0.25) is 4.57 Å². The van der Waals surface area contributed by atoms with Crippen LogP contribution >= 0.6 is 0 Å². The highest BCUT2D eigenvalue weighted by atomic mass is 16.5. The van der Waals surface area contributed by atoms with E-state index in [-0.39, 0.29) is 6.10 Å². The van der Waals surface area contributed by atoms with E-state index < -0.39 is 0 Å². The molecule has 0 aliphatic carbocycles. The number of aromatic nitrogens is 4. The molecule has 0 spiro atoms. The maximum atomic E-state index is 6.29. The number of para-hydroxylation sites is 2. The predicted molar refractivity (Wildman–Crippen MR) is 96.9 cm³/mol. The molecule has 126 valence electrons. The monoisotopic (exact) mass is 341 g/mol. The molecule has 0 N–H and O–H groups in total. The highest BCUT2D eigenvalue weighted by Gasteiger charge is 2.32. The lowest BCUT2D eigenvalue weighted by molar-refractivity contribution is -0.671. The number of fused-ring (bicyclic) bond motifs is 3. The van der Waals surface area contributed by atoms with Gasteiger partial charge in [-0.25, -0.2) is 4.57 Å². The summed E-state index contributed by atoms with van der Waals surface area (Å²) in [4.78, 5) is 0. The Labute approximate surface area is 151 Å². The van der Waals surface area contributed by atoms with Gasteiger partial charge in [0.1, 0.15) is 12.8 Å². The van der Waals surface area contributed by atoms with E-state index in [4.69, 9.17) is 4.74 Å². The smallest absolute Gasteiger partial charge is 0.184 e. The van der Waals surface area contributed by atoms with Crippen molar-refractivity contribution in [3.8, 4) is 22.8 Å². The zero-order valence-electron chi connectivity index (χ0n) is 14.3. The molecule has 0 radical (unpaired) electrons. The fourth-order valence-corrected chi connectivity index (χ4v) is 3.31. The van der Waals surface area contributed by atoms with Crippen LogP contribution in [-0.2, 0) is 7.05 Å². The van der Waals surface area contributed by atoms with Gasteiger partial charge in [-0.05, 0) is 12.1 Å². The molecule has 0 unspecified atom stereocenters. The number of rotatable bonds is 2. The molecule has 0 bridgehead atoms. The van der Waals surface area contributed by atoms with Crippen molar-refractivity contribution in [2.75, 3.05) is 0 Å². The lowest BCUT2D eigenvalue weighted by Gasteiger charge is -2.27. The summed E-state index contributed by atoms with van der Waals surface area (Å²) in [5.74, 6) is 2.44. The molecule has 26 heavy (non-hydrogen) atoms. The Bertz CT molecular complexity index is 1070. The van der Waals surface area contributed by atoms with Gasteiger partial charge in [-0.15, -0.1) is 10.2 Å². The van der Waals surface area contributed by atoms with Gasteiger partial charge < -0.3 is 4.74 Å². The first-order chi connectivity index (χ1) is 12.8. The summed E-state index contributed by atoms with van der Waals surface area (Å²) in [5, 5.41) is 8.99. The first-order valence-corrected chi connectivity index (χ1v) is 8.53. The molecule has 0 saturated heterocycles. The van der Waals surface area contributed by atoms with Crippen LogP contribution in [0.25, 0.3) is 17.1 Å². The Balaban J connectivity index is 1.74. The minimum atomic E-state index is -0.285. The van der Waals surface area contributed by atoms with Crippen LogP contribution in [0.5, 0.6) is 5.75 Å². The Morgan fingerprint density at radius 1 is 0.885 bits per heavy atom. The molecular weight excluding hydrogens is 324 g/mol. The van der Waals surface area contributed by atoms with Crippen LogP contribution in [-0.4, -0.2) is 14.8 Å². The van der Waals surface area contributed by atoms with E-state index in [9.17, 15) is 0 Å². The number of pyridine rings is 1. The molecule has 0 saturated carbocycles. The summed E-state index contributed by atoms with van der Waals surface area (Å²) >= 11 is 0. The highest BCUT2D eigenvalue weighted by molar-refractivity contribution is 5.62. The summed E-state index contributed by atoms with van der Waals surface area (Å²) in [6.45, 7) is 0. The zero-order valence-corrected chi connectivity index (χ0v) is 14.3. The molecule has 0 fully saturated rings. The lowest BCUT2D eigenvalue weighted by Crippen LogP contribution is -2.26. The Morgan fingerprint density at radius 2 is 1.62 bits per heavy atom. The Morgan fingerprint density at radius 3 is 2.42 bits per heavy atom. The molecule has 3 heterocycles. The van der Waals surface area contributed by atoms with Gasteiger partial charge >= 0.3 is 0 Å². The molecule has 2 aromatic carbocycles. The van der Waals surface area contributed by atoms with Crippen LogP contribution in [0.3, 0.4) is 0 Å². The van der Waals surface area contributed by atoms with Crippen molar-refractivity contribution in [2.24, 2.45) is 7.05 Å². The summed E-state index contributed by atoms with van der Waals surface area (Å²) in [6.07, 6.45) is 3.74. The Kier molecular flexibility index (Phi) is 3.31. The summed E-state index contributed by atoms with van der Waals surface area (Å²) < 4.78 is 10.4. The van der Waals surface area contributed by atoms with Gasteiger partial charge in [0.25, 0.3) is 0 Å². The van der Waals surface area contributed by atoms with E-state index in [1.54, 1.807) is 0 Å². The normalized spacial score (nSPS) is 15.0. The third-order valence-electron chi connectivity index (χ3n) is 4.61. The maximum Gasteiger partial charge on any atom is 0.184 e. The second-order valence-corrected chi connectivity index (χ2v) is 6.35. The number of benzene rings is 2. The summed E-state index contributed by atoms with van der Waals surface area (Å²) in [7, 11) is 2.00. The molecule has 5 rings (SSSR count). The number of aryl methyl sites for hydroxylation is 1. The number of hydrogen-bond acceptors (Lipinski definition) is 3. The van der Waals surface area contributed by atoms with Crippen molar-refractivity contribution >= 4 is 0 Å². The number of nitrogens with zero attached hydrogens (tertiary/aromatic N) is 4. The third kappa shape index (κ3) is 2.29. The number of hydrogen-bond donors (Lipinski definition) is 0. The van der Waals surface area contributed by atoms with Crippen molar-refractivity contribution in [3.63, 3.8) is 0 Å². The fourth-order valence-electron chi connectivity index (χ4n) is 3.31. The molecule has 5 heteroatoms. The molecule has 4 aromatic rings. The minimum absolute atomic E-state index is 0.285. The summed E-state index contributed by atoms with van der Waals surface area (Å²) in [6, 6.07) is 22.2. The molecule has 1 aliphatic heterocycles.